The van der Waals surface area contributed by atoms with Crippen molar-refractivity contribution in [1.29, 1.82) is 0 Å². The van der Waals surface area contributed by atoms with Crippen LogP contribution < -0.4 is 10.6 Å². The zero-order valence-corrected chi connectivity index (χ0v) is 8.78. The van der Waals surface area contributed by atoms with Crippen LogP contribution in [0.1, 0.15) is 10.4 Å². The number of Topliss-reactive ketones (excluding diaryl/α,β-unsaturated/α-hetero) is 1. The van der Waals surface area contributed by atoms with Gasteiger partial charge >= 0.3 is 5.97 Å². The summed E-state index contributed by atoms with van der Waals surface area (Å²) in [7, 11) is 0. The Morgan fingerprint density at radius 3 is 2.75 bits per heavy atom. The number of hydrogen-bond acceptors (Lipinski definition) is 3. The first-order valence-corrected chi connectivity index (χ1v) is 4.73. The Kier molecular flexibility index (Phi) is 2.36. The lowest BCUT2D eigenvalue weighted by Crippen LogP contribution is -2.34. The van der Waals surface area contributed by atoms with Gasteiger partial charge in [-0.3, -0.25) is 9.79 Å². The second-order valence-electron chi connectivity index (χ2n) is 3.24. The van der Waals surface area contributed by atoms with Gasteiger partial charge in [0.25, 0.3) is 0 Å². The second-order valence-corrected chi connectivity index (χ2v) is 3.64. The largest absolute Gasteiger partial charge is 0.477 e. The van der Waals surface area contributed by atoms with Crippen LogP contribution in [-0.2, 0) is 4.79 Å². The molecule has 5 heteroatoms. The SMILES string of the molecule is C=c1ccc(Cl)c2c1=NC=C(C(=O)O)C2=O. The summed E-state index contributed by atoms with van der Waals surface area (Å²) in [5, 5.41) is 9.84. The molecule has 0 saturated heterocycles. The van der Waals surface area contributed by atoms with Crippen LogP contribution in [0.25, 0.3) is 6.58 Å². The number of rotatable bonds is 1. The number of carbonyl (C=O) groups excluding carboxylic acids is 1. The number of carbonyl (C=O) groups is 2. The fourth-order valence-electron chi connectivity index (χ4n) is 1.45. The van der Waals surface area contributed by atoms with Gasteiger partial charge < -0.3 is 5.11 Å². The lowest BCUT2D eigenvalue weighted by Gasteiger charge is -2.08. The van der Waals surface area contributed by atoms with Crippen molar-refractivity contribution >= 4 is 29.9 Å². The summed E-state index contributed by atoms with van der Waals surface area (Å²) in [5.41, 5.74) is -0.283. The number of nitrogens with zero attached hydrogens (tertiary/aromatic N) is 1. The minimum Gasteiger partial charge on any atom is -0.477 e. The maximum Gasteiger partial charge on any atom is 0.341 e. The maximum atomic E-state index is 11.8. The highest BCUT2D eigenvalue weighted by atomic mass is 35.5. The third-order valence-corrected chi connectivity index (χ3v) is 2.55. The highest BCUT2D eigenvalue weighted by Crippen LogP contribution is 2.16. The van der Waals surface area contributed by atoms with Gasteiger partial charge in [0, 0.05) is 6.20 Å². The lowest BCUT2D eigenvalue weighted by molar-refractivity contribution is -0.132. The maximum absolute atomic E-state index is 11.8. The van der Waals surface area contributed by atoms with E-state index in [1.807, 2.05) is 0 Å². The first-order chi connectivity index (χ1) is 7.52. The monoisotopic (exact) mass is 235 g/mol. The molecular formula is C11H6ClNO3. The fraction of sp³-hybridized carbons (Fsp3) is 0. The van der Waals surface area contributed by atoms with Crippen LogP contribution in [0.3, 0.4) is 0 Å². The van der Waals surface area contributed by atoms with Crippen LogP contribution in [0.5, 0.6) is 0 Å². The van der Waals surface area contributed by atoms with Gasteiger partial charge in [0.1, 0.15) is 5.57 Å². The molecule has 0 amide bonds. The number of halogens is 1. The van der Waals surface area contributed by atoms with Gasteiger partial charge in [-0.05, 0) is 11.3 Å². The summed E-state index contributed by atoms with van der Waals surface area (Å²) < 4.78 is 0. The predicted octanol–water partition coefficient (Wildman–Crippen LogP) is 0.535. The van der Waals surface area contributed by atoms with Gasteiger partial charge in [0.2, 0.25) is 5.78 Å². The summed E-state index contributed by atoms with van der Waals surface area (Å²) in [6.07, 6.45) is 1.03. The zero-order chi connectivity index (χ0) is 11.9. The minimum absolute atomic E-state index is 0.106. The lowest BCUT2D eigenvalue weighted by atomic mass is 10.0. The number of hydrogen-bond donors (Lipinski definition) is 1. The van der Waals surface area contributed by atoms with E-state index in [2.05, 4.69) is 11.6 Å². The van der Waals surface area contributed by atoms with Crippen LogP contribution in [0.2, 0.25) is 5.02 Å². The number of aliphatic carboxylic acids is 1. The van der Waals surface area contributed by atoms with Crippen LogP contribution in [0.4, 0.5) is 0 Å². The molecule has 4 nitrogen and oxygen atoms in total. The molecule has 1 N–H and O–H groups in total. The Hall–Kier alpha value is -1.94. The Labute approximate surface area is 95.2 Å². The first-order valence-electron chi connectivity index (χ1n) is 4.36. The van der Waals surface area contributed by atoms with Crippen molar-refractivity contribution in [3.05, 3.63) is 45.1 Å². The molecule has 0 atom stereocenters. The highest BCUT2D eigenvalue weighted by molar-refractivity contribution is 6.36. The van der Waals surface area contributed by atoms with E-state index in [-0.39, 0.29) is 16.2 Å². The molecule has 1 aromatic rings. The third kappa shape index (κ3) is 1.44. The predicted molar refractivity (Wildman–Crippen MR) is 57.8 cm³/mol. The molecule has 16 heavy (non-hydrogen) atoms. The molecule has 80 valence electrons. The highest BCUT2D eigenvalue weighted by Gasteiger charge is 2.25. The molecule has 0 aliphatic carbocycles. The molecule has 1 heterocycles. The molecule has 0 fully saturated rings. The minimum atomic E-state index is -1.31. The molecule has 0 radical (unpaired) electrons. The van der Waals surface area contributed by atoms with Crippen LogP contribution in [0.15, 0.2) is 28.9 Å². The normalized spacial score (nSPS) is 13.8. The van der Waals surface area contributed by atoms with Gasteiger partial charge in [-0.2, -0.15) is 0 Å². The number of ketones is 1. The number of benzene rings is 1. The summed E-state index contributed by atoms with van der Waals surface area (Å²) in [6.45, 7) is 3.70. The van der Waals surface area contributed by atoms with E-state index in [0.717, 1.165) is 6.20 Å². The topological polar surface area (TPSA) is 66.7 Å². The Morgan fingerprint density at radius 1 is 1.44 bits per heavy atom. The summed E-state index contributed by atoms with van der Waals surface area (Å²) in [5.74, 6) is -1.95. The van der Waals surface area contributed by atoms with Gasteiger partial charge in [-0.15, -0.1) is 0 Å². The molecule has 1 aliphatic rings. The van der Waals surface area contributed by atoms with Gasteiger partial charge in [-0.25, -0.2) is 4.79 Å². The molecule has 0 aromatic heterocycles. The van der Waals surface area contributed by atoms with Gasteiger partial charge in [0.05, 0.1) is 15.9 Å². The van der Waals surface area contributed by atoms with Crippen LogP contribution in [-0.4, -0.2) is 16.9 Å². The fourth-order valence-corrected chi connectivity index (χ4v) is 1.69. The summed E-state index contributed by atoms with van der Waals surface area (Å²) in [6, 6.07) is 3.12. The average Bonchev–Trinajstić information content (AvgIpc) is 2.23. The van der Waals surface area contributed by atoms with Crippen molar-refractivity contribution in [1.82, 2.24) is 0 Å². The molecular weight excluding hydrogens is 230 g/mol. The van der Waals surface area contributed by atoms with E-state index in [1.165, 1.54) is 6.07 Å². The van der Waals surface area contributed by atoms with Crippen LogP contribution >= 0.6 is 11.6 Å². The molecule has 0 spiro atoms. The Morgan fingerprint density at radius 2 is 2.12 bits per heavy atom. The molecule has 0 bridgehead atoms. The van der Waals surface area contributed by atoms with Crippen LogP contribution in [0, 0.1) is 0 Å². The zero-order valence-electron chi connectivity index (χ0n) is 8.03. The quantitative estimate of drug-likeness (QED) is 0.723. The first kappa shape index (κ1) is 10.6. The van der Waals surface area contributed by atoms with E-state index in [0.29, 0.717) is 10.6 Å². The van der Waals surface area contributed by atoms with Gasteiger partial charge in [-0.1, -0.05) is 24.2 Å². The Bertz CT molecular complexity index is 646. The number of carboxylic acids is 1. The average molecular weight is 236 g/mol. The Balaban J connectivity index is 2.84. The standard InChI is InChI=1S/C11H6ClNO3/c1-5-2-3-7(12)8-9(5)13-4-6(10(8)14)11(15)16/h2-4H,1H2,(H,15,16). The van der Waals surface area contributed by atoms with E-state index >= 15 is 0 Å². The van der Waals surface area contributed by atoms with E-state index in [9.17, 15) is 9.59 Å². The van der Waals surface area contributed by atoms with Crippen molar-refractivity contribution < 1.29 is 14.7 Å². The van der Waals surface area contributed by atoms with Crippen molar-refractivity contribution in [2.45, 2.75) is 0 Å². The van der Waals surface area contributed by atoms with E-state index in [1.54, 1.807) is 6.07 Å². The van der Waals surface area contributed by atoms with E-state index in [4.69, 9.17) is 16.7 Å². The molecule has 1 aliphatic heterocycles. The smallest absolute Gasteiger partial charge is 0.341 e. The van der Waals surface area contributed by atoms with Crippen molar-refractivity contribution in [3.8, 4) is 0 Å². The molecule has 2 rings (SSSR count). The second kappa shape index (κ2) is 3.57. The van der Waals surface area contributed by atoms with Crippen molar-refractivity contribution in [3.63, 3.8) is 0 Å². The molecule has 1 aromatic carbocycles. The summed E-state index contributed by atoms with van der Waals surface area (Å²) in [4.78, 5) is 26.5. The number of carboxylic acid groups (broad SMARTS) is 1. The number of fused-ring (bicyclic) bond motifs is 1. The third-order valence-electron chi connectivity index (χ3n) is 2.24. The van der Waals surface area contributed by atoms with Gasteiger partial charge in [0.15, 0.2) is 0 Å². The molecule has 0 unspecified atom stereocenters. The van der Waals surface area contributed by atoms with Crippen molar-refractivity contribution in [2.75, 3.05) is 0 Å². The molecule has 0 saturated carbocycles. The van der Waals surface area contributed by atoms with E-state index < -0.39 is 11.8 Å². The van der Waals surface area contributed by atoms with Crippen molar-refractivity contribution in [2.24, 2.45) is 4.99 Å². The summed E-state index contributed by atoms with van der Waals surface area (Å²) >= 11 is 5.85.